The molecule has 11 heteroatoms. The zero-order valence-corrected chi connectivity index (χ0v) is 23.4. The van der Waals surface area contributed by atoms with Crippen LogP contribution in [0.5, 0.6) is 0 Å². The Labute approximate surface area is 226 Å². The summed E-state index contributed by atoms with van der Waals surface area (Å²) in [6, 6.07) is 6.35. The molecule has 0 spiro atoms. The lowest BCUT2D eigenvalue weighted by Gasteiger charge is -2.30. The molecule has 0 aromatic carbocycles. The topological polar surface area (TPSA) is 94.6 Å². The average molecular weight is 555 g/mol. The molecule has 4 heterocycles. The second-order valence-electron chi connectivity index (χ2n) is 9.80. The Hall–Kier alpha value is -3.07. The molecular weight excluding hydrogens is 523 g/mol. The van der Waals surface area contributed by atoms with Crippen LogP contribution in [0.4, 0.5) is 15.3 Å². The molecule has 2 aliphatic rings. The summed E-state index contributed by atoms with van der Waals surface area (Å²) >= 11 is 1.47. The summed E-state index contributed by atoms with van der Waals surface area (Å²) in [6.07, 6.45) is 10.3. The van der Waals surface area contributed by atoms with Crippen LogP contribution in [0.15, 0.2) is 36.6 Å². The first-order valence-corrected chi connectivity index (χ1v) is 15.4. The number of nitrogens with zero attached hydrogens (tertiary/aromatic N) is 6. The number of hydrogen-bond acceptors (Lipinski definition) is 7. The maximum Gasteiger partial charge on any atom is 0.211 e. The molecule has 0 N–H and O–H groups in total. The van der Waals surface area contributed by atoms with Crippen molar-refractivity contribution >= 4 is 43.5 Å². The number of hydrogen-bond donors (Lipinski definition) is 0. The maximum absolute atomic E-state index is 13.7. The van der Waals surface area contributed by atoms with Gasteiger partial charge in [-0.05, 0) is 48.5 Å². The third-order valence-electron chi connectivity index (χ3n) is 7.27. The molecule has 0 radical (unpaired) electrons. The average Bonchev–Trinajstić information content (AvgIpc) is 3.49. The summed E-state index contributed by atoms with van der Waals surface area (Å²) in [5, 5.41) is 10.2. The van der Waals surface area contributed by atoms with E-state index in [0.717, 1.165) is 63.3 Å². The Balaban J connectivity index is 1.50. The molecular formula is C27H31FN6O2S2. The predicted molar refractivity (Wildman–Crippen MR) is 149 cm³/mol. The minimum absolute atomic E-state index is 0.231. The summed E-state index contributed by atoms with van der Waals surface area (Å²) < 4.78 is 41.2. The van der Waals surface area contributed by atoms with Gasteiger partial charge in [-0.1, -0.05) is 36.5 Å². The number of alkyl halides is 1. The second kappa shape index (κ2) is 10.6. The Bertz CT molecular complexity index is 1560. The highest BCUT2D eigenvalue weighted by Gasteiger charge is 2.27. The van der Waals surface area contributed by atoms with Gasteiger partial charge in [0.15, 0.2) is 5.13 Å². The van der Waals surface area contributed by atoms with Gasteiger partial charge in [0.1, 0.15) is 17.6 Å². The third kappa shape index (κ3) is 5.13. The van der Waals surface area contributed by atoms with Crippen molar-refractivity contribution in [2.24, 2.45) is 0 Å². The van der Waals surface area contributed by atoms with Crippen molar-refractivity contribution in [1.82, 2.24) is 18.7 Å². The molecule has 1 aliphatic heterocycles. The molecule has 1 atom stereocenters. The number of piperidine rings is 1. The SMILES string of the molecule is CCc1nc2ccc(C3CCN(S(C)(=O)=O)CC3)cn2c1N(C)c1nc(C2=CCC(F)C=C2)c(CC#N)s1. The summed E-state index contributed by atoms with van der Waals surface area (Å²) in [4.78, 5) is 12.7. The van der Waals surface area contributed by atoms with Gasteiger partial charge in [0.25, 0.3) is 0 Å². The number of aryl methyl sites for hydroxylation is 1. The monoisotopic (exact) mass is 554 g/mol. The molecule has 3 aromatic heterocycles. The normalized spacial score (nSPS) is 19.0. The summed E-state index contributed by atoms with van der Waals surface area (Å²) in [7, 11) is -1.21. The number of pyridine rings is 1. The molecule has 200 valence electrons. The van der Waals surface area contributed by atoms with Crippen molar-refractivity contribution < 1.29 is 12.8 Å². The van der Waals surface area contributed by atoms with Crippen LogP contribution in [-0.4, -0.2) is 59.7 Å². The third-order valence-corrected chi connectivity index (χ3v) is 9.70. The number of thiazole rings is 1. The molecule has 0 bridgehead atoms. The largest absolute Gasteiger partial charge is 0.305 e. The van der Waals surface area contributed by atoms with E-state index in [1.54, 1.807) is 10.4 Å². The molecule has 1 saturated heterocycles. The quantitative estimate of drug-likeness (QED) is 0.408. The second-order valence-corrected chi connectivity index (χ2v) is 12.8. The van der Waals surface area contributed by atoms with Crippen molar-refractivity contribution in [3.8, 4) is 6.07 Å². The number of anilines is 2. The first-order valence-electron chi connectivity index (χ1n) is 12.8. The van der Waals surface area contributed by atoms with Crippen molar-refractivity contribution in [3.63, 3.8) is 0 Å². The molecule has 1 aliphatic carbocycles. The highest BCUT2D eigenvalue weighted by Crippen LogP contribution is 2.38. The number of fused-ring (bicyclic) bond motifs is 1. The fraction of sp³-hybridized carbons (Fsp3) is 0.444. The van der Waals surface area contributed by atoms with E-state index in [-0.39, 0.29) is 12.3 Å². The smallest absolute Gasteiger partial charge is 0.211 e. The van der Waals surface area contributed by atoms with E-state index in [9.17, 15) is 18.1 Å². The summed E-state index contributed by atoms with van der Waals surface area (Å²) in [5.41, 5.74) is 4.50. The highest BCUT2D eigenvalue weighted by atomic mass is 32.2. The van der Waals surface area contributed by atoms with E-state index >= 15 is 0 Å². The Kier molecular flexibility index (Phi) is 7.40. The van der Waals surface area contributed by atoms with Crippen LogP contribution in [0.1, 0.15) is 53.9 Å². The van der Waals surface area contributed by atoms with Crippen LogP contribution in [-0.2, 0) is 22.9 Å². The van der Waals surface area contributed by atoms with Crippen molar-refractivity contribution in [2.45, 2.75) is 51.1 Å². The van der Waals surface area contributed by atoms with Gasteiger partial charge in [0.05, 0.1) is 30.1 Å². The van der Waals surface area contributed by atoms with Gasteiger partial charge in [0, 0.05) is 37.6 Å². The van der Waals surface area contributed by atoms with E-state index in [1.807, 2.05) is 24.1 Å². The Morgan fingerprint density at radius 1 is 1.26 bits per heavy atom. The van der Waals surface area contributed by atoms with E-state index in [4.69, 9.17) is 9.97 Å². The number of aromatic nitrogens is 3. The van der Waals surface area contributed by atoms with E-state index < -0.39 is 16.2 Å². The van der Waals surface area contributed by atoms with Gasteiger partial charge >= 0.3 is 0 Å². The summed E-state index contributed by atoms with van der Waals surface area (Å²) in [6.45, 7) is 3.12. The predicted octanol–water partition coefficient (Wildman–Crippen LogP) is 5.01. The minimum Gasteiger partial charge on any atom is -0.305 e. The summed E-state index contributed by atoms with van der Waals surface area (Å²) in [5.74, 6) is 1.18. The lowest BCUT2D eigenvalue weighted by molar-refractivity contribution is 0.321. The zero-order chi connectivity index (χ0) is 27.0. The Morgan fingerprint density at radius 2 is 2.03 bits per heavy atom. The number of rotatable bonds is 7. The molecule has 8 nitrogen and oxygen atoms in total. The first-order chi connectivity index (χ1) is 18.2. The molecule has 0 amide bonds. The molecule has 0 saturated carbocycles. The van der Waals surface area contributed by atoms with Gasteiger partial charge in [-0.3, -0.25) is 4.40 Å². The van der Waals surface area contributed by atoms with Crippen LogP contribution < -0.4 is 4.90 Å². The minimum atomic E-state index is -3.17. The lowest BCUT2D eigenvalue weighted by atomic mass is 9.91. The number of imidazole rings is 1. The van der Waals surface area contributed by atoms with Gasteiger partial charge in [0.2, 0.25) is 10.0 Å². The number of sulfonamides is 1. The van der Waals surface area contributed by atoms with Crippen molar-refractivity contribution in [1.29, 1.82) is 5.26 Å². The van der Waals surface area contributed by atoms with Gasteiger partial charge < -0.3 is 4.90 Å². The fourth-order valence-corrected chi connectivity index (χ4v) is 7.06. The zero-order valence-electron chi connectivity index (χ0n) is 21.8. The number of allylic oxidation sites excluding steroid dienone is 4. The molecule has 1 unspecified atom stereocenters. The van der Waals surface area contributed by atoms with Gasteiger partial charge in [-0.2, -0.15) is 5.26 Å². The van der Waals surface area contributed by atoms with Crippen LogP contribution in [0.2, 0.25) is 0 Å². The fourth-order valence-electron chi connectivity index (χ4n) is 5.21. The molecule has 5 rings (SSSR count). The van der Waals surface area contributed by atoms with Gasteiger partial charge in [-0.15, -0.1) is 0 Å². The molecule has 3 aromatic rings. The van der Waals surface area contributed by atoms with Crippen LogP contribution >= 0.6 is 11.3 Å². The van der Waals surface area contributed by atoms with Crippen molar-refractivity contribution in [3.05, 3.63) is 58.4 Å². The molecule has 1 fully saturated rings. The van der Waals surface area contributed by atoms with Crippen LogP contribution in [0.25, 0.3) is 11.2 Å². The van der Waals surface area contributed by atoms with E-state index in [0.29, 0.717) is 19.5 Å². The Morgan fingerprint density at radius 3 is 2.66 bits per heavy atom. The highest BCUT2D eigenvalue weighted by molar-refractivity contribution is 7.88. The number of halogens is 1. The standard InChI is InChI=1S/C27H31FN6O2S2/c1-4-22-26(32(2)27-31-25(23(37-27)11-14-29)19-5-8-21(28)9-6-19)34-17-20(7-10-24(34)30-22)18-12-15-33(16-13-18)38(3,35)36/h5-8,10,17-18,21H,4,9,11-13,15-16H2,1-3H3. The molecule has 38 heavy (non-hydrogen) atoms. The lowest BCUT2D eigenvalue weighted by Crippen LogP contribution is -2.37. The van der Waals surface area contributed by atoms with Crippen LogP contribution in [0.3, 0.4) is 0 Å². The first kappa shape index (κ1) is 26.5. The van der Waals surface area contributed by atoms with E-state index in [2.05, 4.69) is 29.7 Å². The van der Waals surface area contributed by atoms with Crippen LogP contribution in [0, 0.1) is 11.3 Å². The maximum atomic E-state index is 13.7. The van der Waals surface area contributed by atoms with Crippen molar-refractivity contribution in [2.75, 3.05) is 31.3 Å². The van der Waals surface area contributed by atoms with Gasteiger partial charge in [-0.25, -0.2) is 27.1 Å². The number of nitriles is 1. The van der Waals surface area contributed by atoms with E-state index in [1.165, 1.54) is 23.7 Å².